The minimum atomic E-state index is -0.595. The summed E-state index contributed by atoms with van der Waals surface area (Å²) in [4.78, 5) is 16.2. The highest BCUT2D eigenvalue weighted by atomic mass is 16.4. The lowest BCUT2D eigenvalue weighted by atomic mass is 9.77. The molecule has 2 aliphatic heterocycles. The van der Waals surface area contributed by atoms with Crippen LogP contribution in [0.1, 0.15) is 32.6 Å². The van der Waals surface area contributed by atoms with Crippen molar-refractivity contribution in [3.8, 4) is 0 Å². The molecular weight excluding hydrogens is 216 g/mol. The van der Waals surface area contributed by atoms with E-state index in [2.05, 4.69) is 16.7 Å². The minimum absolute atomic E-state index is 0.106. The van der Waals surface area contributed by atoms with Gasteiger partial charge in [-0.1, -0.05) is 0 Å². The maximum Gasteiger partial charge on any atom is 0.308 e. The Morgan fingerprint density at radius 1 is 1.24 bits per heavy atom. The zero-order chi connectivity index (χ0) is 12.0. The molecule has 96 valence electrons. The molecule has 0 aromatic rings. The zero-order valence-corrected chi connectivity index (χ0v) is 10.5. The van der Waals surface area contributed by atoms with E-state index in [0.29, 0.717) is 18.1 Å². The fraction of sp³-hybridized carbons (Fsp3) is 0.923. The number of carboxylic acid groups (broad SMARTS) is 1. The summed E-state index contributed by atoms with van der Waals surface area (Å²) in [5.41, 5.74) is 0. The van der Waals surface area contributed by atoms with Crippen LogP contribution in [-0.2, 0) is 4.79 Å². The number of carbonyl (C=O) groups is 1. The second kappa shape index (κ2) is 4.25. The number of hydrogen-bond donors (Lipinski definition) is 1. The van der Waals surface area contributed by atoms with Gasteiger partial charge in [-0.3, -0.25) is 14.6 Å². The standard InChI is InChI=1S/C13H22N2O2/c1-9-7-14-6-2-3-10(14)8-15(9)12-5-4-11(12)13(16)17/h9-12H,2-8H2,1H3,(H,16,17). The number of carboxylic acids is 1. The summed E-state index contributed by atoms with van der Waals surface area (Å²) in [6.07, 6.45) is 4.57. The Hall–Kier alpha value is -0.610. The van der Waals surface area contributed by atoms with E-state index in [1.165, 1.54) is 19.4 Å². The van der Waals surface area contributed by atoms with E-state index in [4.69, 9.17) is 0 Å². The molecule has 0 aromatic heterocycles. The molecule has 0 aromatic carbocycles. The third-order valence-corrected chi connectivity index (χ3v) is 4.97. The van der Waals surface area contributed by atoms with Crippen molar-refractivity contribution in [2.45, 2.75) is 50.7 Å². The normalized spacial score (nSPS) is 43.1. The zero-order valence-electron chi connectivity index (χ0n) is 10.5. The molecule has 3 fully saturated rings. The van der Waals surface area contributed by atoms with Crippen molar-refractivity contribution in [1.29, 1.82) is 0 Å². The Morgan fingerprint density at radius 3 is 2.71 bits per heavy atom. The monoisotopic (exact) mass is 238 g/mol. The molecule has 17 heavy (non-hydrogen) atoms. The van der Waals surface area contributed by atoms with Crippen LogP contribution in [0.15, 0.2) is 0 Å². The summed E-state index contributed by atoms with van der Waals surface area (Å²) in [5.74, 6) is -0.701. The number of hydrogen-bond acceptors (Lipinski definition) is 3. The predicted molar refractivity (Wildman–Crippen MR) is 64.9 cm³/mol. The number of fused-ring (bicyclic) bond motifs is 1. The molecule has 4 unspecified atom stereocenters. The largest absolute Gasteiger partial charge is 0.481 e. The van der Waals surface area contributed by atoms with Gasteiger partial charge >= 0.3 is 5.97 Å². The van der Waals surface area contributed by atoms with Crippen molar-refractivity contribution >= 4 is 5.97 Å². The molecule has 3 aliphatic rings. The van der Waals surface area contributed by atoms with E-state index in [1.807, 2.05) is 0 Å². The Bertz CT molecular complexity index is 321. The van der Waals surface area contributed by atoms with Crippen LogP contribution in [0.2, 0.25) is 0 Å². The van der Waals surface area contributed by atoms with E-state index in [9.17, 15) is 9.90 Å². The van der Waals surface area contributed by atoms with Crippen molar-refractivity contribution < 1.29 is 9.90 Å². The average molecular weight is 238 g/mol. The van der Waals surface area contributed by atoms with E-state index in [0.717, 1.165) is 25.9 Å². The molecular formula is C13H22N2O2. The molecule has 1 aliphatic carbocycles. The fourth-order valence-electron chi connectivity index (χ4n) is 3.84. The third kappa shape index (κ3) is 1.87. The molecule has 0 bridgehead atoms. The third-order valence-electron chi connectivity index (χ3n) is 4.97. The van der Waals surface area contributed by atoms with Gasteiger partial charge < -0.3 is 5.11 Å². The van der Waals surface area contributed by atoms with Crippen LogP contribution in [-0.4, -0.2) is 58.6 Å². The van der Waals surface area contributed by atoms with E-state index < -0.39 is 5.97 Å². The van der Waals surface area contributed by atoms with Gasteiger partial charge in [0.2, 0.25) is 0 Å². The SMILES string of the molecule is CC1CN2CCCC2CN1C1CCC1C(=O)O. The van der Waals surface area contributed by atoms with Gasteiger partial charge in [-0.2, -0.15) is 0 Å². The molecule has 1 N–H and O–H groups in total. The minimum Gasteiger partial charge on any atom is -0.481 e. The van der Waals surface area contributed by atoms with Crippen molar-refractivity contribution in [1.82, 2.24) is 9.80 Å². The molecule has 3 rings (SSSR count). The van der Waals surface area contributed by atoms with Gasteiger partial charge in [-0.25, -0.2) is 0 Å². The molecule has 4 atom stereocenters. The number of piperazine rings is 1. The summed E-state index contributed by atoms with van der Waals surface area (Å²) in [5, 5.41) is 9.17. The molecule has 0 radical (unpaired) electrons. The van der Waals surface area contributed by atoms with Crippen molar-refractivity contribution in [3.63, 3.8) is 0 Å². The van der Waals surface area contributed by atoms with Crippen LogP contribution < -0.4 is 0 Å². The lowest BCUT2D eigenvalue weighted by Crippen LogP contribution is -2.62. The highest BCUT2D eigenvalue weighted by Crippen LogP contribution is 2.36. The summed E-state index contributed by atoms with van der Waals surface area (Å²) in [7, 11) is 0. The van der Waals surface area contributed by atoms with Gasteiger partial charge in [0.15, 0.2) is 0 Å². The smallest absolute Gasteiger partial charge is 0.308 e. The lowest BCUT2D eigenvalue weighted by molar-refractivity contribution is -0.151. The van der Waals surface area contributed by atoms with Gasteiger partial charge in [0.1, 0.15) is 0 Å². The van der Waals surface area contributed by atoms with Gasteiger partial charge in [0, 0.05) is 31.2 Å². The van der Waals surface area contributed by atoms with Gasteiger partial charge in [0.05, 0.1) is 5.92 Å². The van der Waals surface area contributed by atoms with Gasteiger partial charge in [-0.15, -0.1) is 0 Å². The second-order valence-electron chi connectivity index (χ2n) is 5.93. The lowest BCUT2D eigenvalue weighted by Gasteiger charge is -2.51. The second-order valence-corrected chi connectivity index (χ2v) is 5.93. The van der Waals surface area contributed by atoms with Crippen LogP contribution in [0.4, 0.5) is 0 Å². The van der Waals surface area contributed by atoms with Gasteiger partial charge in [-0.05, 0) is 39.2 Å². The van der Waals surface area contributed by atoms with Crippen LogP contribution in [0, 0.1) is 5.92 Å². The van der Waals surface area contributed by atoms with Crippen molar-refractivity contribution in [3.05, 3.63) is 0 Å². The Balaban J connectivity index is 1.68. The molecule has 0 spiro atoms. The van der Waals surface area contributed by atoms with Gasteiger partial charge in [0.25, 0.3) is 0 Å². The predicted octanol–water partition coefficient (Wildman–Crippen LogP) is 1.02. The Labute approximate surface area is 103 Å². The van der Waals surface area contributed by atoms with Crippen molar-refractivity contribution in [2.24, 2.45) is 5.92 Å². The highest BCUT2D eigenvalue weighted by Gasteiger charge is 2.45. The topological polar surface area (TPSA) is 43.8 Å². The molecule has 4 heteroatoms. The fourth-order valence-corrected chi connectivity index (χ4v) is 3.84. The maximum atomic E-state index is 11.1. The quantitative estimate of drug-likeness (QED) is 0.780. The van der Waals surface area contributed by atoms with E-state index in [-0.39, 0.29) is 5.92 Å². The molecule has 1 saturated carbocycles. The summed E-state index contributed by atoms with van der Waals surface area (Å²) in [6, 6.07) is 1.53. The Morgan fingerprint density at radius 2 is 2.06 bits per heavy atom. The van der Waals surface area contributed by atoms with Crippen LogP contribution in [0.3, 0.4) is 0 Å². The first kappa shape index (κ1) is 11.5. The van der Waals surface area contributed by atoms with Crippen molar-refractivity contribution in [2.75, 3.05) is 19.6 Å². The molecule has 2 heterocycles. The van der Waals surface area contributed by atoms with Crippen LogP contribution in [0.5, 0.6) is 0 Å². The first-order chi connectivity index (χ1) is 8.16. The number of aliphatic carboxylic acids is 1. The summed E-state index contributed by atoms with van der Waals surface area (Å²) >= 11 is 0. The highest BCUT2D eigenvalue weighted by molar-refractivity contribution is 5.72. The first-order valence-corrected chi connectivity index (χ1v) is 6.89. The summed E-state index contributed by atoms with van der Waals surface area (Å²) in [6.45, 7) is 5.73. The first-order valence-electron chi connectivity index (χ1n) is 6.89. The molecule has 4 nitrogen and oxygen atoms in total. The number of rotatable bonds is 2. The summed E-state index contributed by atoms with van der Waals surface area (Å²) < 4.78 is 0. The van der Waals surface area contributed by atoms with Crippen LogP contribution in [0.25, 0.3) is 0 Å². The van der Waals surface area contributed by atoms with E-state index >= 15 is 0 Å². The van der Waals surface area contributed by atoms with E-state index in [1.54, 1.807) is 0 Å². The number of nitrogens with zero attached hydrogens (tertiary/aromatic N) is 2. The molecule has 2 saturated heterocycles. The average Bonchev–Trinajstić information content (AvgIpc) is 2.62. The van der Waals surface area contributed by atoms with Crippen LogP contribution >= 0.6 is 0 Å². The Kier molecular flexibility index (Phi) is 2.87. The maximum absolute atomic E-state index is 11.1. The molecule has 0 amide bonds.